The monoisotopic (exact) mass is 168 g/mol. The van der Waals surface area contributed by atoms with E-state index in [2.05, 4.69) is 10.2 Å². The zero-order chi connectivity index (χ0) is 9.14. The molecule has 1 aromatic rings. The predicted octanol–water partition coefficient (Wildman–Crippen LogP) is 0.0838. The maximum Gasteiger partial charge on any atom is 0.273 e. The number of aromatic nitrogens is 2. The number of nitrogens with one attached hydrogen (secondary N) is 1. The van der Waals surface area contributed by atoms with Crippen LogP contribution in [0.3, 0.4) is 0 Å². The van der Waals surface area contributed by atoms with Crippen LogP contribution in [0.25, 0.3) is 0 Å². The Kier molecular flexibility index (Phi) is 2.32. The number of hydrogen-bond acceptors (Lipinski definition) is 3. The van der Waals surface area contributed by atoms with E-state index in [0.717, 1.165) is 0 Å². The Bertz CT molecular complexity index is 281. The van der Waals surface area contributed by atoms with E-state index in [9.17, 15) is 4.79 Å². The van der Waals surface area contributed by atoms with Crippen LogP contribution < -0.4 is 5.73 Å². The van der Waals surface area contributed by atoms with Crippen LogP contribution in [-0.4, -0.2) is 34.6 Å². The van der Waals surface area contributed by atoms with Crippen LogP contribution in [0.15, 0.2) is 6.20 Å². The summed E-state index contributed by atoms with van der Waals surface area (Å²) in [7, 11) is 1.71. The molecule has 5 nitrogen and oxygen atoms in total. The number of hydrogen-bond donors (Lipinski definition) is 2. The SMILES string of the molecule is CCN(C)C(=O)c1[nH]ncc1N. The lowest BCUT2D eigenvalue weighted by Gasteiger charge is -2.12. The highest BCUT2D eigenvalue weighted by molar-refractivity contribution is 5.96. The number of H-pyrrole nitrogens is 1. The summed E-state index contributed by atoms with van der Waals surface area (Å²) in [6.45, 7) is 2.54. The number of nitrogen functional groups attached to an aromatic ring is 1. The number of nitrogens with zero attached hydrogens (tertiary/aromatic N) is 2. The number of anilines is 1. The van der Waals surface area contributed by atoms with Gasteiger partial charge in [-0.3, -0.25) is 9.89 Å². The maximum absolute atomic E-state index is 11.4. The van der Waals surface area contributed by atoms with Crippen molar-refractivity contribution in [2.45, 2.75) is 6.92 Å². The van der Waals surface area contributed by atoms with Gasteiger partial charge in [0.05, 0.1) is 11.9 Å². The average molecular weight is 168 g/mol. The highest BCUT2D eigenvalue weighted by Gasteiger charge is 2.14. The van der Waals surface area contributed by atoms with Crippen molar-refractivity contribution >= 4 is 11.6 Å². The minimum Gasteiger partial charge on any atom is -0.396 e. The zero-order valence-corrected chi connectivity index (χ0v) is 7.16. The molecule has 5 heteroatoms. The van der Waals surface area contributed by atoms with Crippen LogP contribution in [0.2, 0.25) is 0 Å². The van der Waals surface area contributed by atoms with Crippen molar-refractivity contribution in [3.8, 4) is 0 Å². The fraction of sp³-hybridized carbons (Fsp3) is 0.429. The first-order chi connectivity index (χ1) is 5.66. The molecular formula is C7H12N4O. The molecule has 1 rings (SSSR count). The molecule has 0 saturated heterocycles. The molecule has 0 aliphatic heterocycles. The van der Waals surface area contributed by atoms with E-state index in [0.29, 0.717) is 17.9 Å². The molecule has 0 aromatic carbocycles. The predicted molar refractivity (Wildman–Crippen MR) is 45.6 cm³/mol. The highest BCUT2D eigenvalue weighted by Crippen LogP contribution is 2.07. The van der Waals surface area contributed by atoms with E-state index in [4.69, 9.17) is 5.73 Å². The van der Waals surface area contributed by atoms with Crippen molar-refractivity contribution in [1.29, 1.82) is 0 Å². The minimum absolute atomic E-state index is 0.132. The molecule has 0 unspecified atom stereocenters. The first-order valence-electron chi connectivity index (χ1n) is 3.71. The summed E-state index contributed by atoms with van der Waals surface area (Å²) in [6, 6.07) is 0. The van der Waals surface area contributed by atoms with Gasteiger partial charge in [0.15, 0.2) is 0 Å². The number of carbonyl (C=O) groups is 1. The molecule has 0 spiro atoms. The molecule has 1 heterocycles. The van der Waals surface area contributed by atoms with Gasteiger partial charge in [-0.05, 0) is 6.92 Å². The van der Waals surface area contributed by atoms with E-state index in [1.807, 2.05) is 6.92 Å². The summed E-state index contributed by atoms with van der Waals surface area (Å²) in [5.41, 5.74) is 6.24. The Morgan fingerprint density at radius 3 is 2.92 bits per heavy atom. The Morgan fingerprint density at radius 2 is 2.50 bits per heavy atom. The number of aromatic amines is 1. The molecule has 1 amide bonds. The molecule has 0 radical (unpaired) electrons. The topological polar surface area (TPSA) is 75.0 Å². The molecule has 3 N–H and O–H groups in total. The maximum atomic E-state index is 11.4. The smallest absolute Gasteiger partial charge is 0.273 e. The highest BCUT2D eigenvalue weighted by atomic mass is 16.2. The van der Waals surface area contributed by atoms with Crippen LogP contribution >= 0.6 is 0 Å². The van der Waals surface area contributed by atoms with E-state index in [1.54, 1.807) is 11.9 Å². The van der Waals surface area contributed by atoms with Crippen LogP contribution in [0, 0.1) is 0 Å². The minimum atomic E-state index is -0.132. The van der Waals surface area contributed by atoms with Crippen molar-refractivity contribution in [1.82, 2.24) is 15.1 Å². The van der Waals surface area contributed by atoms with Crippen LogP contribution in [0.1, 0.15) is 17.4 Å². The molecule has 0 saturated carbocycles. The van der Waals surface area contributed by atoms with Crippen LogP contribution in [-0.2, 0) is 0 Å². The third-order valence-corrected chi connectivity index (χ3v) is 1.70. The fourth-order valence-electron chi connectivity index (χ4n) is 0.801. The van der Waals surface area contributed by atoms with Crippen LogP contribution in [0.5, 0.6) is 0 Å². The summed E-state index contributed by atoms with van der Waals surface area (Å²) in [6.07, 6.45) is 1.43. The van der Waals surface area contributed by atoms with Gasteiger partial charge in [0.2, 0.25) is 0 Å². The Labute approximate surface area is 70.5 Å². The van der Waals surface area contributed by atoms with Crippen molar-refractivity contribution in [3.63, 3.8) is 0 Å². The fourth-order valence-corrected chi connectivity index (χ4v) is 0.801. The van der Waals surface area contributed by atoms with E-state index in [-0.39, 0.29) is 5.91 Å². The first-order valence-corrected chi connectivity index (χ1v) is 3.71. The van der Waals surface area contributed by atoms with Gasteiger partial charge in [-0.25, -0.2) is 0 Å². The first kappa shape index (κ1) is 8.58. The quantitative estimate of drug-likeness (QED) is 0.656. The van der Waals surface area contributed by atoms with E-state index in [1.165, 1.54) is 6.20 Å². The molecule has 0 atom stereocenters. The molecule has 66 valence electrons. The number of amides is 1. The van der Waals surface area contributed by atoms with Gasteiger partial charge in [0, 0.05) is 13.6 Å². The van der Waals surface area contributed by atoms with Crippen molar-refractivity contribution in [2.75, 3.05) is 19.3 Å². The molecule has 0 aliphatic carbocycles. The second-order valence-electron chi connectivity index (χ2n) is 2.52. The molecule has 0 fully saturated rings. The van der Waals surface area contributed by atoms with Gasteiger partial charge >= 0.3 is 0 Å². The standard InChI is InChI=1S/C7H12N4O/c1-3-11(2)7(12)6-5(8)4-9-10-6/h4H,3,8H2,1-2H3,(H,9,10). The average Bonchev–Trinajstić information content (AvgIpc) is 2.48. The van der Waals surface area contributed by atoms with Gasteiger partial charge in [-0.15, -0.1) is 0 Å². The van der Waals surface area contributed by atoms with Gasteiger partial charge in [0.1, 0.15) is 5.69 Å². The number of carbonyl (C=O) groups excluding carboxylic acids is 1. The number of nitrogens with two attached hydrogens (primary N) is 1. The number of rotatable bonds is 2. The lowest BCUT2D eigenvalue weighted by atomic mass is 10.3. The van der Waals surface area contributed by atoms with Crippen molar-refractivity contribution in [3.05, 3.63) is 11.9 Å². The van der Waals surface area contributed by atoms with E-state index >= 15 is 0 Å². The Balaban J connectivity index is 2.85. The summed E-state index contributed by atoms with van der Waals surface area (Å²) in [5.74, 6) is -0.132. The summed E-state index contributed by atoms with van der Waals surface area (Å²) in [5, 5.41) is 6.22. The van der Waals surface area contributed by atoms with Gasteiger partial charge in [0.25, 0.3) is 5.91 Å². The molecule has 12 heavy (non-hydrogen) atoms. The summed E-state index contributed by atoms with van der Waals surface area (Å²) < 4.78 is 0. The largest absolute Gasteiger partial charge is 0.396 e. The third-order valence-electron chi connectivity index (χ3n) is 1.70. The Hall–Kier alpha value is -1.52. The normalized spacial score (nSPS) is 9.83. The molecular weight excluding hydrogens is 156 g/mol. The van der Waals surface area contributed by atoms with E-state index < -0.39 is 0 Å². The van der Waals surface area contributed by atoms with Gasteiger partial charge < -0.3 is 10.6 Å². The Morgan fingerprint density at radius 1 is 1.83 bits per heavy atom. The van der Waals surface area contributed by atoms with Crippen LogP contribution in [0.4, 0.5) is 5.69 Å². The lowest BCUT2D eigenvalue weighted by molar-refractivity contribution is 0.0797. The second-order valence-corrected chi connectivity index (χ2v) is 2.52. The lowest BCUT2D eigenvalue weighted by Crippen LogP contribution is -2.27. The van der Waals surface area contributed by atoms with Crippen molar-refractivity contribution < 1.29 is 4.79 Å². The van der Waals surface area contributed by atoms with Gasteiger partial charge in [-0.1, -0.05) is 0 Å². The summed E-state index contributed by atoms with van der Waals surface area (Å²) >= 11 is 0. The van der Waals surface area contributed by atoms with Crippen molar-refractivity contribution in [2.24, 2.45) is 0 Å². The molecule has 0 bridgehead atoms. The van der Waals surface area contributed by atoms with Gasteiger partial charge in [-0.2, -0.15) is 5.10 Å². The third kappa shape index (κ3) is 1.39. The molecule has 0 aliphatic rings. The zero-order valence-electron chi connectivity index (χ0n) is 7.16. The summed E-state index contributed by atoms with van der Waals surface area (Å²) in [4.78, 5) is 13.0. The molecule has 1 aromatic heterocycles. The second kappa shape index (κ2) is 3.25.